The summed E-state index contributed by atoms with van der Waals surface area (Å²) in [5.41, 5.74) is 0. The van der Waals surface area contributed by atoms with Gasteiger partial charge in [0, 0.05) is 6.42 Å². The van der Waals surface area contributed by atoms with Crippen molar-refractivity contribution in [3.63, 3.8) is 0 Å². The summed E-state index contributed by atoms with van der Waals surface area (Å²) in [6.07, 6.45) is 9.21. The molecule has 0 aliphatic rings. The molecule has 1 aromatic carbocycles. The molecular weight excluding hydrogens is 394 g/mol. The molecule has 0 saturated heterocycles. The highest BCUT2D eigenvalue weighted by molar-refractivity contribution is 7.74. The highest BCUT2D eigenvalue weighted by Gasteiger charge is 2.22. The van der Waals surface area contributed by atoms with Crippen LogP contribution in [0, 0.1) is 0 Å². The Kier molecular flexibility index (Phi) is 13.0. The van der Waals surface area contributed by atoms with Crippen molar-refractivity contribution < 1.29 is 27.3 Å². The summed E-state index contributed by atoms with van der Waals surface area (Å²) < 4.78 is 29.3. The first kappa shape index (κ1) is 25.1. The maximum Gasteiger partial charge on any atom is 0.357 e. The highest BCUT2D eigenvalue weighted by atomic mass is 32.2. The van der Waals surface area contributed by atoms with Crippen LogP contribution in [0.25, 0.3) is 0 Å². The number of carbonyl (C=O) groups is 2. The first-order valence-corrected chi connectivity index (χ1v) is 11.4. The molecule has 1 aromatic rings. The van der Waals surface area contributed by atoms with Crippen LogP contribution < -0.4 is 14.2 Å². The lowest BCUT2D eigenvalue weighted by Gasteiger charge is -2.17. The normalized spacial score (nSPS) is 12.8. The van der Waals surface area contributed by atoms with Crippen molar-refractivity contribution in [3.05, 3.63) is 24.3 Å². The van der Waals surface area contributed by atoms with E-state index in [1.165, 1.54) is 43.5 Å². The van der Waals surface area contributed by atoms with E-state index in [1.807, 2.05) is 6.92 Å². The second-order valence-electron chi connectivity index (χ2n) is 6.97. The molecule has 0 heterocycles. The number of hydrogen-bond acceptors (Lipinski definition) is 5. The van der Waals surface area contributed by atoms with Crippen LogP contribution in [0.3, 0.4) is 0 Å². The number of amides is 1. The molecule has 0 fully saturated rings. The van der Waals surface area contributed by atoms with Gasteiger partial charge >= 0.3 is 17.3 Å². The van der Waals surface area contributed by atoms with Gasteiger partial charge in [0.2, 0.25) is 5.91 Å². The van der Waals surface area contributed by atoms with Crippen molar-refractivity contribution in [2.24, 2.45) is 0 Å². The molecule has 164 valence electrons. The van der Waals surface area contributed by atoms with E-state index >= 15 is 0 Å². The number of nitrogens with one attached hydrogen (secondary N) is 1. The molecule has 7 nitrogen and oxygen atoms in total. The first-order chi connectivity index (χ1) is 14.0. The summed E-state index contributed by atoms with van der Waals surface area (Å²) in [6.45, 7) is 4.19. The lowest BCUT2D eigenvalue weighted by Crippen LogP contribution is -2.43. The number of unbranched alkanes of at least 4 members (excludes halogenated alkanes) is 6. The molecule has 0 aliphatic carbocycles. The van der Waals surface area contributed by atoms with E-state index in [-0.39, 0.29) is 17.4 Å². The second kappa shape index (κ2) is 15.0. The van der Waals surface area contributed by atoms with Gasteiger partial charge in [0.25, 0.3) is 0 Å². The Morgan fingerprint density at radius 1 is 0.966 bits per heavy atom. The fourth-order valence-corrected chi connectivity index (χ4v) is 3.10. The number of rotatable bonds is 15. The standard InChI is InChI=1S/C21H33NO6S/c1-3-5-7-8-9-10-12-20(23)22-19(11-6-4-2)21(24)27-17-13-15-18(16-14-17)28-29(25)26/h13-16,19H,3-12H2,1-2H3,(H,22,23)(H,25,26). The minimum absolute atomic E-state index is 0.132. The van der Waals surface area contributed by atoms with Crippen molar-refractivity contribution in [1.29, 1.82) is 0 Å². The van der Waals surface area contributed by atoms with E-state index in [0.717, 1.165) is 32.1 Å². The first-order valence-electron chi connectivity index (χ1n) is 10.4. The van der Waals surface area contributed by atoms with Gasteiger partial charge in [-0.15, -0.1) is 0 Å². The molecule has 1 rings (SSSR count). The Morgan fingerprint density at radius 3 is 2.17 bits per heavy atom. The third kappa shape index (κ3) is 11.6. The average molecular weight is 428 g/mol. The van der Waals surface area contributed by atoms with Crippen LogP contribution >= 0.6 is 0 Å². The lowest BCUT2D eigenvalue weighted by atomic mass is 10.1. The van der Waals surface area contributed by atoms with Gasteiger partial charge in [-0.25, -0.2) is 4.79 Å². The number of carbonyl (C=O) groups excluding carboxylic acids is 2. The van der Waals surface area contributed by atoms with Crippen LogP contribution in [0.1, 0.15) is 78.1 Å². The summed E-state index contributed by atoms with van der Waals surface area (Å²) in [6, 6.07) is 5.09. The summed E-state index contributed by atoms with van der Waals surface area (Å²) in [5, 5.41) is 2.80. The number of hydrogen-bond donors (Lipinski definition) is 2. The maximum absolute atomic E-state index is 12.5. The van der Waals surface area contributed by atoms with E-state index in [4.69, 9.17) is 9.29 Å². The predicted molar refractivity (Wildman–Crippen MR) is 113 cm³/mol. The minimum atomic E-state index is -2.41. The Balaban J connectivity index is 2.52. The van der Waals surface area contributed by atoms with Crippen molar-refractivity contribution in [2.75, 3.05) is 0 Å². The molecule has 2 N–H and O–H groups in total. The van der Waals surface area contributed by atoms with E-state index in [2.05, 4.69) is 16.4 Å². The molecule has 2 atom stereocenters. The Bertz CT molecular complexity index is 635. The van der Waals surface area contributed by atoms with Gasteiger partial charge in [-0.05, 0) is 37.1 Å². The van der Waals surface area contributed by atoms with Gasteiger partial charge in [-0.1, -0.05) is 58.8 Å². The van der Waals surface area contributed by atoms with Gasteiger partial charge in [-0.3, -0.25) is 9.35 Å². The Hall–Kier alpha value is -1.93. The zero-order valence-electron chi connectivity index (χ0n) is 17.4. The van der Waals surface area contributed by atoms with E-state index in [0.29, 0.717) is 12.8 Å². The number of ether oxygens (including phenoxy) is 1. The zero-order chi connectivity index (χ0) is 21.5. The van der Waals surface area contributed by atoms with Gasteiger partial charge in [0.15, 0.2) is 0 Å². The van der Waals surface area contributed by atoms with Crippen molar-refractivity contribution in [2.45, 2.75) is 84.1 Å². The van der Waals surface area contributed by atoms with Crippen LogP contribution in [-0.2, 0) is 21.0 Å². The van der Waals surface area contributed by atoms with Gasteiger partial charge < -0.3 is 14.2 Å². The van der Waals surface area contributed by atoms with Crippen molar-refractivity contribution in [3.8, 4) is 11.5 Å². The van der Waals surface area contributed by atoms with Crippen molar-refractivity contribution in [1.82, 2.24) is 5.32 Å². The summed E-state index contributed by atoms with van der Waals surface area (Å²) in [7, 11) is 0. The molecule has 1 amide bonds. The van der Waals surface area contributed by atoms with Crippen LogP contribution in [-0.4, -0.2) is 26.7 Å². The Labute approximate surface area is 176 Å². The van der Waals surface area contributed by atoms with Gasteiger partial charge in [0.1, 0.15) is 17.5 Å². The molecule has 0 aliphatic heterocycles. The zero-order valence-corrected chi connectivity index (χ0v) is 18.2. The highest BCUT2D eigenvalue weighted by Crippen LogP contribution is 2.19. The molecular formula is C21H33NO6S. The second-order valence-corrected chi connectivity index (χ2v) is 7.57. The molecule has 0 radical (unpaired) electrons. The average Bonchev–Trinajstić information content (AvgIpc) is 2.68. The van der Waals surface area contributed by atoms with Crippen LogP contribution in [0.5, 0.6) is 11.5 Å². The number of benzene rings is 1. The third-order valence-electron chi connectivity index (χ3n) is 4.43. The maximum atomic E-state index is 12.5. The van der Waals surface area contributed by atoms with Crippen molar-refractivity contribution >= 4 is 23.2 Å². The quantitative estimate of drug-likeness (QED) is 0.184. The SMILES string of the molecule is CCCCCCCCC(=O)NC(CCCC)C(=O)Oc1ccc(OS(=O)O)cc1. The smallest absolute Gasteiger partial charge is 0.357 e. The third-order valence-corrected chi connectivity index (χ3v) is 4.77. The van der Waals surface area contributed by atoms with Crippen LogP contribution in [0.4, 0.5) is 0 Å². The molecule has 0 saturated carbocycles. The van der Waals surface area contributed by atoms with E-state index in [9.17, 15) is 13.8 Å². The van der Waals surface area contributed by atoms with Crippen LogP contribution in [0.2, 0.25) is 0 Å². The predicted octanol–water partition coefficient (Wildman–Crippen LogP) is 4.53. The molecule has 0 bridgehead atoms. The topological polar surface area (TPSA) is 102 Å². The lowest BCUT2D eigenvalue weighted by molar-refractivity contribution is -0.139. The largest absolute Gasteiger partial charge is 0.425 e. The monoisotopic (exact) mass is 427 g/mol. The summed E-state index contributed by atoms with van der Waals surface area (Å²) in [5.74, 6) is -0.194. The fourth-order valence-electron chi connectivity index (χ4n) is 2.82. The van der Waals surface area contributed by atoms with Crippen LogP contribution in [0.15, 0.2) is 24.3 Å². The molecule has 29 heavy (non-hydrogen) atoms. The van der Waals surface area contributed by atoms with E-state index in [1.54, 1.807) is 0 Å². The van der Waals surface area contributed by atoms with Gasteiger partial charge in [0.05, 0.1) is 0 Å². The van der Waals surface area contributed by atoms with E-state index < -0.39 is 23.4 Å². The van der Waals surface area contributed by atoms with Gasteiger partial charge in [-0.2, -0.15) is 4.21 Å². The molecule has 0 spiro atoms. The fraction of sp³-hybridized carbons (Fsp3) is 0.619. The number of esters is 1. The molecule has 8 heteroatoms. The summed E-state index contributed by atoms with van der Waals surface area (Å²) >= 11 is -2.41. The summed E-state index contributed by atoms with van der Waals surface area (Å²) in [4.78, 5) is 24.7. The molecule has 0 aromatic heterocycles. The Morgan fingerprint density at radius 2 is 1.55 bits per heavy atom. The minimum Gasteiger partial charge on any atom is -0.425 e. The molecule has 2 unspecified atom stereocenters.